The van der Waals surface area contributed by atoms with Gasteiger partial charge in [0.2, 0.25) is 0 Å². The van der Waals surface area contributed by atoms with E-state index in [1.54, 1.807) is 0 Å². The van der Waals surface area contributed by atoms with E-state index in [2.05, 4.69) is 37.2 Å². The Labute approximate surface area is 132 Å². The van der Waals surface area contributed by atoms with E-state index in [-0.39, 0.29) is 11.3 Å². The number of nitrogens with one attached hydrogen (secondary N) is 1. The van der Waals surface area contributed by atoms with Gasteiger partial charge in [0.25, 0.3) is 5.91 Å². The number of aryl methyl sites for hydroxylation is 1. The summed E-state index contributed by atoms with van der Waals surface area (Å²) in [6, 6.07) is 7.44. The quantitative estimate of drug-likeness (QED) is 0.728. The van der Waals surface area contributed by atoms with Gasteiger partial charge in [0.05, 0.1) is 11.3 Å². The van der Waals surface area contributed by atoms with Gasteiger partial charge in [-0.2, -0.15) is 0 Å². The van der Waals surface area contributed by atoms with Gasteiger partial charge in [-0.25, -0.2) is 4.39 Å². The van der Waals surface area contributed by atoms with E-state index < -0.39 is 11.7 Å². The molecule has 6 heteroatoms. The fourth-order valence-corrected chi connectivity index (χ4v) is 3.35. The number of carbonyl (C=O) groups excluding carboxylic acids is 1. The minimum atomic E-state index is -0.475. The van der Waals surface area contributed by atoms with Gasteiger partial charge < -0.3 is 11.1 Å². The van der Waals surface area contributed by atoms with Crippen LogP contribution in [0, 0.1) is 12.7 Å². The van der Waals surface area contributed by atoms with Crippen LogP contribution in [-0.2, 0) is 0 Å². The fourth-order valence-electron chi connectivity index (χ4n) is 1.74. The van der Waals surface area contributed by atoms with E-state index in [1.807, 2.05) is 19.1 Å². The smallest absolute Gasteiger partial charge is 0.257 e. The van der Waals surface area contributed by atoms with E-state index in [1.165, 1.54) is 12.1 Å². The van der Waals surface area contributed by atoms with Gasteiger partial charge in [0, 0.05) is 14.6 Å². The number of benzene rings is 2. The van der Waals surface area contributed by atoms with Crippen molar-refractivity contribution < 1.29 is 9.18 Å². The van der Waals surface area contributed by atoms with Crippen LogP contribution >= 0.6 is 31.9 Å². The summed E-state index contributed by atoms with van der Waals surface area (Å²) in [5.41, 5.74) is 7.62. The molecule has 3 nitrogen and oxygen atoms in total. The van der Waals surface area contributed by atoms with Crippen molar-refractivity contribution >= 4 is 49.1 Å². The molecule has 0 bridgehead atoms. The summed E-state index contributed by atoms with van der Waals surface area (Å²) in [6.07, 6.45) is 0. The maximum absolute atomic E-state index is 13.0. The first-order valence-corrected chi connectivity index (χ1v) is 7.29. The van der Waals surface area contributed by atoms with Crippen molar-refractivity contribution in [2.24, 2.45) is 0 Å². The Morgan fingerprint density at radius 2 is 1.80 bits per heavy atom. The molecule has 0 aliphatic carbocycles. The molecule has 0 heterocycles. The maximum Gasteiger partial charge on any atom is 0.257 e. The van der Waals surface area contributed by atoms with Crippen molar-refractivity contribution in [3.8, 4) is 0 Å². The van der Waals surface area contributed by atoms with Crippen LogP contribution in [0.3, 0.4) is 0 Å². The van der Waals surface area contributed by atoms with Crippen molar-refractivity contribution in [2.75, 3.05) is 11.1 Å². The third-order valence-electron chi connectivity index (χ3n) is 2.68. The number of carbonyl (C=O) groups is 1. The van der Waals surface area contributed by atoms with Crippen molar-refractivity contribution in [1.82, 2.24) is 0 Å². The van der Waals surface area contributed by atoms with E-state index in [0.717, 1.165) is 20.6 Å². The number of nitrogen functional groups attached to an aromatic ring is 1. The predicted molar refractivity (Wildman–Crippen MR) is 85.3 cm³/mol. The van der Waals surface area contributed by atoms with Crippen LogP contribution in [0.4, 0.5) is 15.8 Å². The summed E-state index contributed by atoms with van der Waals surface area (Å²) in [6.45, 7) is 1.94. The summed E-state index contributed by atoms with van der Waals surface area (Å²) in [7, 11) is 0. The Balaban J connectivity index is 2.33. The molecule has 3 N–H and O–H groups in total. The lowest BCUT2D eigenvalue weighted by atomic mass is 10.1. The fraction of sp³-hybridized carbons (Fsp3) is 0.0714. The SMILES string of the molecule is Cc1cc(Br)c(NC(=O)c2ccc(F)cc2N)c(Br)c1. The number of nitrogens with two attached hydrogens (primary N) is 1. The zero-order valence-corrected chi connectivity index (χ0v) is 13.7. The summed E-state index contributed by atoms with van der Waals surface area (Å²) in [5, 5.41) is 2.75. The molecule has 2 aromatic carbocycles. The van der Waals surface area contributed by atoms with Crippen molar-refractivity contribution in [3.05, 3.63) is 56.2 Å². The molecule has 0 atom stereocenters. The molecule has 0 fully saturated rings. The van der Waals surface area contributed by atoms with E-state index >= 15 is 0 Å². The molecule has 0 aliphatic heterocycles. The van der Waals surface area contributed by atoms with Crippen LogP contribution in [0.2, 0.25) is 0 Å². The second kappa shape index (κ2) is 5.93. The molecule has 0 spiro atoms. The topological polar surface area (TPSA) is 55.1 Å². The molecule has 0 radical (unpaired) electrons. The first kappa shape index (κ1) is 15.0. The monoisotopic (exact) mass is 400 g/mol. The zero-order valence-electron chi connectivity index (χ0n) is 10.5. The van der Waals surface area contributed by atoms with Crippen LogP contribution < -0.4 is 11.1 Å². The molecular formula is C14H11Br2FN2O. The Bertz CT molecular complexity index is 666. The minimum Gasteiger partial charge on any atom is -0.398 e. The summed E-state index contributed by atoms with van der Waals surface area (Å²) >= 11 is 6.79. The van der Waals surface area contributed by atoms with Gasteiger partial charge in [0.15, 0.2) is 0 Å². The highest BCUT2D eigenvalue weighted by Crippen LogP contribution is 2.32. The number of hydrogen-bond acceptors (Lipinski definition) is 2. The Hall–Kier alpha value is -1.40. The van der Waals surface area contributed by atoms with Gasteiger partial charge in [-0.1, -0.05) is 0 Å². The molecule has 20 heavy (non-hydrogen) atoms. The molecule has 2 aromatic rings. The third-order valence-corrected chi connectivity index (χ3v) is 3.93. The Morgan fingerprint density at radius 3 is 2.35 bits per heavy atom. The molecular weight excluding hydrogens is 391 g/mol. The first-order chi connectivity index (χ1) is 9.38. The summed E-state index contributed by atoms with van der Waals surface area (Å²) < 4.78 is 14.5. The summed E-state index contributed by atoms with van der Waals surface area (Å²) in [4.78, 5) is 12.2. The number of halogens is 3. The van der Waals surface area contributed by atoms with Gasteiger partial charge in [-0.3, -0.25) is 4.79 Å². The zero-order chi connectivity index (χ0) is 14.9. The van der Waals surface area contributed by atoms with Crippen LogP contribution in [0.5, 0.6) is 0 Å². The van der Waals surface area contributed by atoms with Crippen molar-refractivity contribution in [3.63, 3.8) is 0 Å². The van der Waals surface area contributed by atoms with Crippen LogP contribution in [0.25, 0.3) is 0 Å². The molecule has 0 saturated carbocycles. The van der Waals surface area contributed by atoms with Crippen molar-refractivity contribution in [2.45, 2.75) is 6.92 Å². The highest BCUT2D eigenvalue weighted by Gasteiger charge is 2.14. The van der Waals surface area contributed by atoms with Crippen LogP contribution in [0.15, 0.2) is 39.3 Å². The van der Waals surface area contributed by atoms with E-state index in [9.17, 15) is 9.18 Å². The number of anilines is 2. The molecule has 0 aromatic heterocycles. The number of hydrogen-bond donors (Lipinski definition) is 2. The lowest BCUT2D eigenvalue weighted by Crippen LogP contribution is -2.15. The molecule has 1 amide bonds. The highest BCUT2D eigenvalue weighted by molar-refractivity contribution is 9.11. The van der Waals surface area contributed by atoms with Gasteiger partial charge in [-0.05, 0) is 74.7 Å². The van der Waals surface area contributed by atoms with Crippen molar-refractivity contribution in [1.29, 1.82) is 0 Å². The Morgan fingerprint density at radius 1 is 1.20 bits per heavy atom. The first-order valence-electron chi connectivity index (χ1n) is 5.70. The normalized spacial score (nSPS) is 10.4. The van der Waals surface area contributed by atoms with Gasteiger partial charge in [-0.15, -0.1) is 0 Å². The lowest BCUT2D eigenvalue weighted by Gasteiger charge is -2.12. The van der Waals surface area contributed by atoms with E-state index in [4.69, 9.17) is 5.73 Å². The van der Waals surface area contributed by atoms with E-state index in [0.29, 0.717) is 5.69 Å². The highest BCUT2D eigenvalue weighted by atomic mass is 79.9. The van der Waals surface area contributed by atoms with Crippen LogP contribution in [-0.4, -0.2) is 5.91 Å². The van der Waals surface area contributed by atoms with Crippen LogP contribution in [0.1, 0.15) is 15.9 Å². The second-order valence-corrected chi connectivity index (χ2v) is 6.00. The molecule has 104 valence electrons. The molecule has 0 unspecified atom stereocenters. The standard InChI is InChI=1S/C14H11Br2FN2O/c1-7-4-10(15)13(11(16)5-7)19-14(20)9-3-2-8(17)6-12(9)18/h2-6H,18H2,1H3,(H,19,20). The minimum absolute atomic E-state index is 0.0989. The molecule has 2 rings (SSSR count). The average molecular weight is 402 g/mol. The largest absolute Gasteiger partial charge is 0.398 e. The maximum atomic E-state index is 13.0. The molecule has 0 saturated heterocycles. The predicted octanol–water partition coefficient (Wildman–Crippen LogP) is 4.49. The Kier molecular flexibility index (Phi) is 4.45. The number of rotatable bonds is 2. The second-order valence-electron chi connectivity index (χ2n) is 4.29. The summed E-state index contributed by atoms with van der Waals surface area (Å²) in [5.74, 6) is -0.871. The molecule has 0 aliphatic rings. The van der Waals surface area contributed by atoms with Gasteiger partial charge in [0.1, 0.15) is 5.82 Å². The average Bonchev–Trinajstić information content (AvgIpc) is 2.33. The van der Waals surface area contributed by atoms with Gasteiger partial charge >= 0.3 is 0 Å². The lowest BCUT2D eigenvalue weighted by molar-refractivity contribution is 0.102. The third kappa shape index (κ3) is 3.19. The number of amides is 1.